The number of benzene rings is 1. The Labute approximate surface area is 143 Å². The standard InChI is InChI=1S/C21H22O3/c1-3-5-19(14-21(22)23)18-10-12-20(13-11-18)24-15-17-7-4-6-16(2)8-9-17/h4,6,8-13,19H,7,14-15H2,1-2H3,(H,22,23). The molecule has 0 saturated carbocycles. The van der Waals surface area contributed by atoms with Crippen molar-refractivity contribution < 1.29 is 14.6 Å². The number of carboxylic acid groups (broad SMARTS) is 1. The first-order valence-electron chi connectivity index (χ1n) is 7.98. The van der Waals surface area contributed by atoms with Crippen LogP contribution in [0.25, 0.3) is 0 Å². The van der Waals surface area contributed by atoms with Crippen LogP contribution in [0.3, 0.4) is 0 Å². The Balaban J connectivity index is 1.99. The molecule has 0 aromatic heterocycles. The summed E-state index contributed by atoms with van der Waals surface area (Å²) in [4.78, 5) is 10.9. The number of ether oxygens (including phenoxy) is 1. The molecule has 3 nitrogen and oxygen atoms in total. The lowest BCUT2D eigenvalue weighted by molar-refractivity contribution is -0.137. The lowest BCUT2D eigenvalue weighted by Crippen LogP contribution is -2.05. The molecule has 0 heterocycles. The summed E-state index contributed by atoms with van der Waals surface area (Å²) in [6.07, 6.45) is 9.33. The second-order valence-corrected chi connectivity index (χ2v) is 5.74. The van der Waals surface area contributed by atoms with Crippen LogP contribution in [0.4, 0.5) is 0 Å². The molecule has 0 fully saturated rings. The van der Waals surface area contributed by atoms with Crippen LogP contribution in [-0.4, -0.2) is 17.7 Å². The van der Waals surface area contributed by atoms with Crippen LogP contribution in [0, 0.1) is 11.8 Å². The molecule has 0 bridgehead atoms. The second-order valence-electron chi connectivity index (χ2n) is 5.74. The minimum Gasteiger partial charge on any atom is -0.489 e. The van der Waals surface area contributed by atoms with E-state index in [1.165, 1.54) is 11.1 Å². The SMILES string of the molecule is CC#CC(CC(=O)O)c1ccc(OCC2=CC=C(C)C=CC2)cc1. The molecule has 1 aromatic carbocycles. The van der Waals surface area contributed by atoms with Crippen LogP contribution < -0.4 is 4.74 Å². The van der Waals surface area contributed by atoms with Gasteiger partial charge in [0.2, 0.25) is 0 Å². The maximum absolute atomic E-state index is 10.9. The van der Waals surface area contributed by atoms with Gasteiger partial charge in [-0.25, -0.2) is 0 Å². The van der Waals surface area contributed by atoms with Crippen molar-refractivity contribution in [3.8, 4) is 17.6 Å². The largest absolute Gasteiger partial charge is 0.489 e. The number of rotatable bonds is 6. The van der Waals surface area contributed by atoms with E-state index in [0.717, 1.165) is 17.7 Å². The zero-order chi connectivity index (χ0) is 17.4. The Morgan fingerprint density at radius 3 is 2.71 bits per heavy atom. The maximum Gasteiger partial charge on any atom is 0.304 e. The fraction of sp³-hybridized carbons (Fsp3) is 0.286. The first-order valence-corrected chi connectivity index (χ1v) is 7.98. The lowest BCUT2D eigenvalue weighted by atomic mass is 9.96. The van der Waals surface area contributed by atoms with Gasteiger partial charge in [0, 0.05) is 0 Å². The Morgan fingerprint density at radius 1 is 1.29 bits per heavy atom. The first-order chi connectivity index (χ1) is 11.6. The van der Waals surface area contributed by atoms with Crippen molar-refractivity contribution in [2.24, 2.45) is 0 Å². The lowest BCUT2D eigenvalue weighted by Gasteiger charge is -2.11. The summed E-state index contributed by atoms with van der Waals surface area (Å²) in [5.74, 6) is 5.39. The molecule has 1 atom stereocenters. The van der Waals surface area contributed by atoms with Gasteiger partial charge in [-0.3, -0.25) is 4.79 Å². The molecule has 124 valence electrons. The fourth-order valence-electron chi connectivity index (χ4n) is 2.45. The number of aliphatic carboxylic acids is 1. The van der Waals surface area contributed by atoms with Crippen LogP contribution in [0.2, 0.25) is 0 Å². The maximum atomic E-state index is 10.9. The monoisotopic (exact) mass is 322 g/mol. The van der Waals surface area contributed by atoms with E-state index in [1.807, 2.05) is 24.3 Å². The van der Waals surface area contributed by atoms with Crippen LogP contribution in [-0.2, 0) is 4.79 Å². The Morgan fingerprint density at radius 2 is 2.04 bits per heavy atom. The Hall–Kier alpha value is -2.73. The average Bonchev–Trinajstić information content (AvgIpc) is 2.77. The van der Waals surface area contributed by atoms with Crippen LogP contribution >= 0.6 is 0 Å². The van der Waals surface area contributed by atoms with E-state index >= 15 is 0 Å². The molecule has 1 aliphatic rings. The number of hydrogen-bond acceptors (Lipinski definition) is 2. The Kier molecular flexibility index (Phi) is 6.45. The van der Waals surface area contributed by atoms with Gasteiger partial charge < -0.3 is 9.84 Å². The quantitative estimate of drug-likeness (QED) is 0.786. The van der Waals surface area contributed by atoms with Crippen molar-refractivity contribution in [1.29, 1.82) is 0 Å². The summed E-state index contributed by atoms with van der Waals surface area (Å²) in [6.45, 7) is 4.33. The molecule has 0 radical (unpaired) electrons. The van der Waals surface area contributed by atoms with Crippen molar-refractivity contribution in [3.05, 3.63) is 65.3 Å². The van der Waals surface area contributed by atoms with Gasteiger partial charge in [0.25, 0.3) is 0 Å². The predicted molar refractivity (Wildman–Crippen MR) is 96.0 cm³/mol. The van der Waals surface area contributed by atoms with Gasteiger partial charge in [-0.15, -0.1) is 5.92 Å². The molecule has 2 rings (SSSR count). The third-order valence-electron chi connectivity index (χ3n) is 3.75. The molecular weight excluding hydrogens is 300 g/mol. The number of carbonyl (C=O) groups is 1. The average molecular weight is 322 g/mol. The molecule has 0 aliphatic heterocycles. The van der Waals surface area contributed by atoms with Crippen molar-refractivity contribution in [2.75, 3.05) is 6.61 Å². The summed E-state index contributed by atoms with van der Waals surface area (Å²) < 4.78 is 5.83. The van der Waals surface area contributed by atoms with Gasteiger partial charge in [-0.2, -0.15) is 0 Å². The van der Waals surface area contributed by atoms with E-state index in [-0.39, 0.29) is 12.3 Å². The second kappa shape index (κ2) is 8.79. The van der Waals surface area contributed by atoms with Gasteiger partial charge in [0.05, 0.1) is 12.3 Å². The predicted octanol–water partition coefficient (Wildman–Crippen LogP) is 4.48. The van der Waals surface area contributed by atoms with E-state index < -0.39 is 5.97 Å². The highest BCUT2D eigenvalue weighted by molar-refractivity contribution is 5.69. The van der Waals surface area contributed by atoms with Crippen molar-refractivity contribution in [1.82, 2.24) is 0 Å². The van der Waals surface area contributed by atoms with Crippen LogP contribution in [0.1, 0.15) is 38.2 Å². The summed E-state index contributed by atoms with van der Waals surface area (Å²) in [7, 11) is 0. The first kappa shape index (κ1) is 17.6. The third-order valence-corrected chi connectivity index (χ3v) is 3.75. The van der Waals surface area contributed by atoms with E-state index in [1.54, 1.807) is 6.92 Å². The molecule has 1 aromatic rings. The van der Waals surface area contributed by atoms with Gasteiger partial charge >= 0.3 is 5.97 Å². The smallest absolute Gasteiger partial charge is 0.304 e. The number of allylic oxidation sites excluding steroid dienone is 5. The molecule has 24 heavy (non-hydrogen) atoms. The van der Waals surface area contributed by atoms with Crippen LogP contribution in [0.15, 0.2) is 59.7 Å². The Bertz CT molecular complexity index is 725. The molecule has 0 spiro atoms. The van der Waals surface area contributed by atoms with Gasteiger partial charge in [0.15, 0.2) is 0 Å². The van der Waals surface area contributed by atoms with Crippen molar-refractivity contribution in [3.63, 3.8) is 0 Å². The van der Waals surface area contributed by atoms with Gasteiger partial charge in [-0.1, -0.05) is 47.9 Å². The molecule has 3 heteroatoms. The minimum atomic E-state index is -0.847. The molecule has 0 amide bonds. The number of carboxylic acids is 1. The normalized spacial score (nSPS) is 14.6. The zero-order valence-electron chi connectivity index (χ0n) is 14.1. The highest BCUT2D eigenvalue weighted by Crippen LogP contribution is 2.23. The van der Waals surface area contributed by atoms with E-state index in [0.29, 0.717) is 6.61 Å². The highest BCUT2D eigenvalue weighted by Gasteiger charge is 2.13. The minimum absolute atomic E-state index is 0.00590. The molecular formula is C21H22O3. The summed E-state index contributed by atoms with van der Waals surface area (Å²) in [6, 6.07) is 7.52. The van der Waals surface area contributed by atoms with E-state index in [4.69, 9.17) is 9.84 Å². The van der Waals surface area contributed by atoms with Gasteiger partial charge in [0.1, 0.15) is 12.4 Å². The summed E-state index contributed by atoms with van der Waals surface area (Å²) >= 11 is 0. The van der Waals surface area contributed by atoms with Gasteiger partial charge in [-0.05, 0) is 43.5 Å². The number of hydrogen-bond donors (Lipinski definition) is 1. The van der Waals surface area contributed by atoms with Crippen LogP contribution in [0.5, 0.6) is 5.75 Å². The third kappa shape index (κ3) is 5.48. The van der Waals surface area contributed by atoms with Crippen molar-refractivity contribution >= 4 is 5.97 Å². The summed E-state index contributed by atoms with van der Waals surface area (Å²) in [5, 5.41) is 8.99. The molecule has 1 N–H and O–H groups in total. The van der Waals surface area contributed by atoms with Crippen molar-refractivity contribution in [2.45, 2.75) is 32.6 Å². The van der Waals surface area contributed by atoms with E-state index in [2.05, 4.69) is 43.1 Å². The zero-order valence-corrected chi connectivity index (χ0v) is 14.1. The molecule has 1 unspecified atom stereocenters. The van der Waals surface area contributed by atoms with E-state index in [9.17, 15) is 4.79 Å². The highest BCUT2D eigenvalue weighted by atomic mass is 16.5. The molecule has 1 aliphatic carbocycles. The topological polar surface area (TPSA) is 46.5 Å². The fourth-order valence-corrected chi connectivity index (χ4v) is 2.45. The summed E-state index contributed by atoms with van der Waals surface area (Å²) in [5.41, 5.74) is 3.35. The molecule has 0 saturated heterocycles.